The van der Waals surface area contributed by atoms with Gasteiger partial charge in [0.2, 0.25) is 0 Å². The number of hydrogen-bond donors (Lipinski definition) is 2. The molecule has 2 N–H and O–H groups in total. The molecule has 1 saturated carbocycles. The van der Waals surface area contributed by atoms with E-state index in [0.29, 0.717) is 5.41 Å². The molecule has 2 unspecified atom stereocenters. The molecule has 1 aliphatic heterocycles. The van der Waals surface area contributed by atoms with Crippen LogP contribution < -0.4 is 5.32 Å². The lowest BCUT2D eigenvalue weighted by molar-refractivity contribution is -0.0404. The average Bonchev–Trinajstić information content (AvgIpc) is 3.26. The summed E-state index contributed by atoms with van der Waals surface area (Å²) >= 11 is 0. The fraction of sp³-hybridized carbons (Fsp3) is 0.889. The number of likely N-dealkylation sites (tertiary alicyclic amines) is 1. The van der Waals surface area contributed by atoms with Gasteiger partial charge in [0, 0.05) is 19.6 Å². The van der Waals surface area contributed by atoms with Crippen molar-refractivity contribution >= 4 is 0 Å². The van der Waals surface area contributed by atoms with E-state index < -0.39 is 6.35 Å². The molecule has 1 heterocycles. The van der Waals surface area contributed by atoms with Crippen LogP contribution in [0.2, 0.25) is 0 Å². The van der Waals surface area contributed by atoms with Gasteiger partial charge < -0.3 is 5.11 Å². The van der Waals surface area contributed by atoms with Crippen molar-refractivity contribution in [3.8, 4) is 0 Å². The molecule has 0 aromatic carbocycles. The number of nitrogens with one attached hydrogen (secondary N) is 1. The molecular weight excluding hydrogens is 260 g/mol. The topological polar surface area (TPSA) is 35.5 Å². The molecule has 0 aromatic heterocycles. The molecule has 2 atom stereocenters. The van der Waals surface area contributed by atoms with Crippen molar-refractivity contribution in [2.24, 2.45) is 11.3 Å². The molecule has 1 aliphatic carbocycles. The second-order valence-electron chi connectivity index (χ2n) is 7.29. The first-order valence-corrected chi connectivity index (χ1v) is 8.88. The molecule has 0 amide bonds. The van der Waals surface area contributed by atoms with E-state index in [1.807, 2.05) is 0 Å². The highest BCUT2D eigenvalue weighted by molar-refractivity contribution is 5.03. The maximum Gasteiger partial charge on any atom is 0.163 e. The summed E-state index contributed by atoms with van der Waals surface area (Å²) in [4.78, 5) is 2.20. The quantitative estimate of drug-likeness (QED) is 0.531. The average molecular weight is 294 g/mol. The van der Waals surface area contributed by atoms with Crippen molar-refractivity contribution in [1.82, 2.24) is 10.2 Å². The minimum atomic E-state index is -0.473. The number of nitrogens with zero attached hydrogens (tertiary/aromatic N) is 1. The van der Waals surface area contributed by atoms with Gasteiger partial charge in [-0.1, -0.05) is 31.9 Å². The van der Waals surface area contributed by atoms with Crippen LogP contribution >= 0.6 is 0 Å². The smallest absolute Gasteiger partial charge is 0.163 e. The molecule has 3 heteroatoms. The summed E-state index contributed by atoms with van der Waals surface area (Å²) in [5, 5.41) is 13.6. The van der Waals surface area contributed by atoms with E-state index in [1.165, 1.54) is 44.1 Å². The lowest BCUT2D eigenvalue weighted by Crippen LogP contribution is -2.49. The Bertz CT molecular complexity index is 339. The standard InChI is InChI=1S/C18H34N2O/c1-4-15(3)6-7-16(5-2)14-19-17(21)20-12-10-18(8-9-18)11-13-20/h5,15,17,19,21H,4,6-14H2,1-3H3/b16-5+. The number of rotatable bonds is 8. The van der Waals surface area contributed by atoms with Crippen molar-refractivity contribution in [3.63, 3.8) is 0 Å². The molecule has 1 saturated heterocycles. The van der Waals surface area contributed by atoms with Gasteiger partial charge in [0.1, 0.15) is 0 Å². The van der Waals surface area contributed by atoms with E-state index in [2.05, 4.69) is 37.1 Å². The third-order valence-corrected chi connectivity index (χ3v) is 5.74. The zero-order valence-electron chi connectivity index (χ0n) is 14.2. The van der Waals surface area contributed by atoms with Gasteiger partial charge in [0.25, 0.3) is 0 Å². The molecule has 2 rings (SSSR count). The molecule has 2 aliphatic rings. The first-order valence-electron chi connectivity index (χ1n) is 8.88. The van der Waals surface area contributed by atoms with E-state index in [4.69, 9.17) is 0 Å². The predicted octanol–water partition coefficient (Wildman–Crippen LogP) is 3.50. The summed E-state index contributed by atoms with van der Waals surface area (Å²) in [6, 6.07) is 0. The summed E-state index contributed by atoms with van der Waals surface area (Å²) in [5.74, 6) is 0.793. The van der Waals surface area contributed by atoms with Gasteiger partial charge in [0.15, 0.2) is 6.35 Å². The van der Waals surface area contributed by atoms with Gasteiger partial charge in [-0.3, -0.25) is 10.2 Å². The monoisotopic (exact) mass is 294 g/mol. The molecule has 0 aromatic rings. The number of aliphatic hydroxyl groups excluding tert-OH is 1. The minimum absolute atomic E-state index is 0.473. The van der Waals surface area contributed by atoms with Gasteiger partial charge in [-0.15, -0.1) is 0 Å². The second-order valence-corrected chi connectivity index (χ2v) is 7.29. The van der Waals surface area contributed by atoms with Crippen LogP contribution in [0, 0.1) is 11.3 Å². The van der Waals surface area contributed by atoms with Crippen LogP contribution in [0.15, 0.2) is 11.6 Å². The van der Waals surface area contributed by atoms with E-state index in [1.54, 1.807) is 0 Å². The molecule has 0 radical (unpaired) electrons. The normalized spacial score (nSPS) is 25.0. The Morgan fingerprint density at radius 3 is 2.48 bits per heavy atom. The Hall–Kier alpha value is -0.380. The molecule has 1 spiro atoms. The molecule has 2 fully saturated rings. The van der Waals surface area contributed by atoms with Gasteiger partial charge in [-0.25, -0.2) is 0 Å². The Morgan fingerprint density at radius 1 is 1.29 bits per heavy atom. The van der Waals surface area contributed by atoms with Crippen LogP contribution in [0.3, 0.4) is 0 Å². The van der Waals surface area contributed by atoms with Crippen LogP contribution in [-0.4, -0.2) is 36.0 Å². The Balaban J connectivity index is 1.66. The molecule has 3 nitrogen and oxygen atoms in total. The van der Waals surface area contributed by atoms with Crippen molar-refractivity contribution < 1.29 is 5.11 Å². The fourth-order valence-electron chi connectivity index (χ4n) is 3.24. The first kappa shape index (κ1) is 17.0. The number of piperidine rings is 1. The highest BCUT2D eigenvalue weighted by Gasteiger charge is 2.45. The van der Waals surface area contributed by atoms with Crippen LogP contribution in [0.25, 0.3) is 0 Å². The van der Waals surface area contributed by atoms with Crippen LogP contribution in [0.4, 0.5) is 0 Å². The molecular formula is C18H34N2O. The lowest BCUT2D eigenvalue weighted by atomic mass is 9.94. The summed E-state index contributed by atoms with van der Waals surface area (Å²) in [5.41, 5.74) is 2.10. The summed E-state index contributed by atoms with van der Waals surface area (Å²) in [6.45, 7) is 9.59. The molecule has 21 heavy (non-hydrogen) atoms. The number of aliphatic hydroxyl groups is 1. The highest BCUT2D eigenvalue weighted by Crippen LogP contribution is 2.53. The Kier molecular flexibility index (Phi) is 6.27. The van der Waals surface area contributed by atoms with Gasteiger partial charge >= 0.3 is 0 Å². The van der Waals surface area contributed by atoms with Crippen LogP contribution in [-0.2, 0) is 0 Å². The van der Waals surface area contributed by atoms with Crippen molar-refractivity contribution in [1.29, 1.82) is 0 Å². The van der Waals surface area contributed by atoms with E-state index in [9.17, 15) is 5.11 Å². The molecule has 122 valence electrons. The third-order valence-electron chi connectivity index (χ3n) is 5.74. The zero-order chi connectivity index (χ0) is 15.3. The van der Waals surface area contributed by atoms with Crippen LogP contribution in [0.5, 0.6) is 0 Å². The second kappa shape index (κ2) is 7.75. The van der Waals surface area contributed by atoms with Crippen molar-refractivity contribution in [3.05, 3.63) is 11.6 Å². The third kappa shape index (κ3) is 5.08. The van der Waals surface area contributed by atoms with E-state index in [-0.39, 0.29) is 0 Å². The van der Waals surface area contributed by atoms with Crippen molar-refractivity contribution in [2.75, 3.05) is 19.6 Å². The maximum absolute atomic E-state index is 10.3. The Morgan fingerprint density at radius 2 is 1.95 bits per heavy atom. The predicted molar refractivity (Wildman–Crippen MR) is 88.9 cm³/mol. The summed E-state index contributed by atoms with van der Waals surface area (Å²) < 4.78 is 0. The molecule has 0 bridgehead atoms. The van der Waals surface area contributed by atoms with Gasteiger partial charge in [-0.05, 0) is 56.8 Å². The van der Waals surface area contributed by atoms with Gasteiger partial charge in [0.05, 0.1) is 0 Å². The first-order chi connectivity index (χ1) is 10.1. The maximum atomic E-state index is 10.3. The van der Waals surface area contributed by atoms with Crippen LogP contribution in [0.1, 0.15) is 65.7 Å². The zero-order valence-corrected chi connectivity index (χ0v) is 14.2. The number of hydrogen-bond acceptors (Lipinski definition) is 3. The minimum Gasteiger partial charge on any atom is -0.365 e. The highest BCUT2D eigenvalue weighted by atomic mass is 16.3. The van der Waals surface area contributed by atoms with Crippen molar-refractivity contribution in [2.45, 2.75) is 72.1 Å². The Labute approximate surface area is 130 Å². The summed E-state index contributed by atoms with van der Waals surface area (Å²) in [7, 11) is 0. The largest absolute Gasteiger partial charge is 0.365 e. The lowest BCUT2D eigenvalue weighted by Gasteiger charge is -2.35. The number of allylic oxidation sites excluding steroid dienone is 1. The van der Waals surface area contributed by atoms with E-state index in [0.717, 1.165) is 32.0 Å². The van der Waals surface area contributed by atoms with E-state index >= 15 is 0 Å². The SMILES string of the molecule is C/C=C(\CCC(C)CC)CNC(O)N1CCC2(CC1)CC2. The fourth-order valence-corrected chi connectivity index (χ4v) is 3.24. The van der Waals surface area contributed by atoms with Gasteiger partial charge in [-0.2, -0.15) is 0 Å². The summed E-state index contributed by atoms with van der Waals surface area (Å²) in [6.07, 6.45) is 10.8.